The number of nitrogens with zero attached hydrogens (tertiary/aromatic N) is 4. The molecule has 138 valence electrons. The Hall–Kier alpha value is -1.93. The molecule has 2 aliphatic rings. The van der Waals surface area contributed by atoms with Crippen LogP contribution in [0.2, 0.25) is 0 Å². The molecular formula is C16H18N4O4S2. The molecule has 0 aliphatic carbocycles. The highest BCUT2D eigenvalue weighted by atomic mass is 32.2. The van der Waals surface area contributed by atoms with E-state index in [1.165, 1.54) is 11.8 Å². The number of rotatable bonds is 6. The van der Waals surface area contributed by atoms with Crippen LogP contribution < -0.4 is 4.90 Å². The first-order valence-corrected chi connectivity index (χ1v) is 9.34. The van der Waals surface area contributed by atoms with Gasteiger partial charge in [-0.3, -0.25) is 9.69 Å². The lowest BCUT2D eigenvalue weighted by Crippen LogP contribution is -2.36. The highest BCUT2D eigenvalue weighted by molar-refractivity contribution is 8.26. The fourth-order valence-corrected chi connectivity index (χ4v) is 3.89. The molecule has 1 amide bonds. The van der Waals surface area contributed by atoms with Crippen LogP contribution in [0.3, 0.4) is 0 Å². The molecule has 26 heavy (non-hydrogen) atoms. The summed E-state index contributed by atoms with van der Waals surface area (Å²) in [6.07, 6.45) is 2.25. The van der Waals surface area contributed by atoms with Crippen molar-refractivity contribution in [3.63, 3.8) is 0 Å². The Morgan fingerprint density at radius 2 is 2.23 bits per heavy atom. The Labute approximate surface area is 160 Å². The number of thiocarbonyl (C=S) groups is 1. The normalized spacial score (nSPS) is 19.5. The van der Waals surface area contributed by atoms with Crippen LogP contribution in [0.15, 0.2) is 9.32 Å². The van der Waals surface area contributed by atoms with Crippen LogP contribution in [-0.4, -0.2) is 66.7 Å². The van der Waals surface area contributed by atoms with Crippen LogP contribution >= 0.6 is 24.0 Å². The SMILES string of the molecule is COCCCN1C(=O)/C(=C/c2nc(C#N)c(N3CCOCC3)o2)SC1=S. The number of aromatic nitrogens is 1. The van der Waals surface area contributed by atoms with Crippen molar-refractivity contribution in [3.8, 4) is 6.07 Å². The van der Waals surface area contributed by atoms with Crippen LogP contribution in [-0.2, 0) is 14.3 Å². The molecule has 2 saturated heterocycles. The lowest BCUT2D eigenvalue weighted by molar-refractivity contribution is -0.122. The quantitative estimate of drug-likeness (QED) is 0.405. The number of amides is 1. The van der Waals surface area contributed by atoms with Gasteiger partial charge in [0.1, 0.15) is 10.4 Å². The van der Waals surface area contributed by atoms with Gasteiger partial charge in [-0.2, -0.15) is 10.2 Å². The average molecular weight is 394 g/mol. The topological polar surface area (TPSA) is 91.8 Å². The van der Waals surface area contributed by atoms with E-state index in [0.717, 1.165) is 0 Å². The van der Waals surface area contributed by atoms with E-state index in [4.69, 9.17) is 26.1 Å². The highest BCUT2D eigenvalue weighted by Crippen LogP contribution is 2.33. The average Bonchev–Trinajstić information content (AvgIpc) is 3.18. The maximum atomic E-state index is 12.5. The zero-order chi connectivity index (χ0) is 18.5. The van der Waals surface area contributed by atoms with Gasteiger partial charge in [-0.25, -0.2) is 0 Å². The third-order valence-electron chi connectivity index (χ3n) is 3.89. The van der Waals surface area contributed by atoms with Crippen molar-refractivity contribution in [2.75, 3.05) is 51.5 Å². The summed E-state index contributed by atoms with van der Waals surface area (Å²) in [7, 11) is 1.62. The molecule has 0 radical (unpaired) electrons. The molecular weight excluding hydrogens is 376 g/mol. The predicted octanol–water partition coefficient (Wildman–Crippen LogP) is 1.62. The summed E-state index contributed by atoms with van der Waals surface area (Å²) >= 11 is 6.48. The van der Waals surface area contributed by atoms with Crippen LogP contribution in [0.5, 0.6) is 0 Å². The van der Waals surface area contributed by atoms with Gasteiger partial charge >= 0.3 is 0 Å². The maximum absolute atomic E-state index is 12.5. The van der Waals surface area contributed by atoms with Crippen LogP contribution in [0.1, 0.15) is 18.0 Å². The number of ether oxygens (including phenoxy) is 2. The summed E-state index contributed by atoms with van der Waals surface area (Å²) in [4.78, 5) is 20.6. The molecule has 3 heterocycles. The number of nitriles is 1. The van der Waals surface area contributed by atoms with Gasteiger partial charge in [0.05, 0.1) is 18.1 Å². The standard InChI is InChI=1S/C16H18N4O4S2/c1-22-6-2-3-20-14(21)12(26-16(20)25)9-13-18-11(10-17)15(24-13)19-4-7-23-8-5-19/h9H,2-8H2,1H3/b12-9-. The number of hydrogen-bond acceptors (Lipinski definition) is 9. The highest BCUT2D eigenvalue weighted by Gasteiger charge is 2.32. The van der Waals surface area contributed by atoms with Crippen molar-refractivity contribution in [2.24, 2.45) is 0 Å². The summed E-state index contributed by atoms with van der Waals surface area (Å²) in [5.41, 5.74) is 0.203. The summed E-state index contributed by atoms with van der Waals surface area (Å²) in [5.74, 6) is 0.457. The van der Waals surface area contributed by atoms with Gasteiger partial charge < -0.3 is 18.8 Å². The summed E-state index contributed by atoms with van der Waals surface area (Å²) < 4.78 is 16.6. The molecule has 0 N–H and O–H groups in total. The van der Waals surface area contributed by atoms with E-state index < -0.39 is 0 Å². The van der Waals surface area contributed by atoms with Gasteiger partial charge in [-0.05, 0) is 6.42 Å². The Morgan fingerprint density at radius 3 is 2.92 bits per heavy atom. The number of morpholine rings is 1. The minimum Gasteiger partial charge on any atom is -0.420 e. The minimum atomic E-state index is -0.180. The summed E-state index contributed by atoms with van der Waals surface area (Å²) in [6, 6.07) is 2.04. The van der Waals surface area contributed by atoms with E-state index in [-0.39, 0.29) is 17.5 Å². The fraction of sp³-hybridized carbons (Fsp3) is 0.500. The number of methoxy groups -OCH3 is 1. The van der Waals surface area contributed by atoms with Gasteiger partial charge in [0.15, 0.2) is 0 Å². The van der Waals surface area contributed by atoms with E-state index in [1.54, 1.807) is 18.1 Å². The molecule has 0 bridgehead atoms. The number of carbonyl (C=O) groups excluding carboxylic acids is 1. The summed E-state index contributed by atoms with van der Waals surface area (Å²) in [5, 5.41) is 9.32. The second-order valence-electron chi connectivity index (χ2n) is 5.60. The van der Waals surface area contributed by atoms with Crippen LogP contribution in [0.4, 0.5) is 5.88 Å². The number of anilines is 1. The molecule has 0 saturated carbocycles. The zero-order valence-electron chi connectivity index (χ0n) is 14.3. The minimum absolute atomic E-state index is 0.180. The Bertz CT molecular complexity index is 765. The fourth-order valence-electron chi connectivity index (χ4n) is 2.62. The lowest BCUT2D eigenvalue weighted by Gasteiger charge is -2.25. The number of thioether (sulfide) groups is 1. The van der Waals surface area contributed by atoms with Gasteiger partial charge in [-0.15, -0.1) is 0 Å². The lowest BCUT2D eigenvalue weighted by atomic mass is 10.3. The maximum Gasteiger partial charge on any atom is 0.266 e. The van der Waals surface area contributed by atoms with E-state index in [0.29, 0.717) is 61.0 Å². The predicted molar refractivity (Wildman–Crippen MR) is 101 cm³/mol. The zero-order valence-corrected chi connectivity index (χ0v) is 15.9. The van der Waals surface area contributed by atoms with E-state index in [9.17, 15) is 10.1 Å². The molecule has 3 rings (SSSR count). The van der Waals surface area contributed by atoms with Crippen molar-refractivity contribution in [1.29, 1.82) is 5.26 Å². The molecule has 8 nitrogen and oxygen atoms in total. The molecule has 0 unspecified atom stereocenters. The molecule has 0 atom stereocenters. The Balaban J connectivity index is 1.77. The van der Waals surface area contributed by atoms with Gasteiger partial charge in [0.25, 0.3) is 5.91 Å². The largest absolute Gasteiger partial charge is 0.420 e. The van der Waals surface area contributed by atoms with Gasteiger partial charge in [0.2, 0.25) is 17.5 Å². The van der Waals surface area contributed by atoms with E-state index >= 15 is 0 Å². The van der Waals surface area contributed by atoms with Crippen molar-refractivity contribution < 1.29 is 18.7 Å². The van der Waals surface area contributed by atoms with Crippen LogP contribution in [0.25, 0.3) is 6.08 Å². The van der Waals surface area contributed by atoms with Crippen molar-refractivity contribution in [1.82, 2.24) is 9.88 Å². The number of hydrogen-bond donors (Lipinski definition) is 0. The molecule has 0 spiro atoms. The van der Waals surface area contributed by atoms with E-state index in [1.807, 2.05) is 11.0 Å². The smallest absolute Gasteiger partial charge is 0.266 e. The third-order valence-corrected chi connectivity index (χ3v) is 5.27. The Morgan fingerprint density at radius 1 is 1.46 bits per heavy atom. The second-order valence-corrected chi connectivity index (χ2v) is 7.27. The number of carbonyl (C=O) groups is 1. The molecule has 0 aromatic carbocycles. The molecule has 1 aromatic heterocycles. The van der Waals surface area contributed by atoms with Crippen molar-refractivity contribution in [2.45, 2.75) is 6.42 Å². The first kappa shape index (κ1) is 18.8. The molecule has 1 aromatic rings. The first-order chi connectivity index (χ1) is 12.6. The molecule has 10 heteroatoms. The first-order valence-electron chi connectivity index (χ1n) is 8.12. The third kappa shape index (κ3) is 4.07. The van der Waals surface area contributed by atoms with Gasteiger partial charge in [0, 0.05) is 39.4 Å². The molecule has 2 fully saturated rings. The Kier molecular flexibility index (Phi) is 6.26. The van der Waals surface area contributed by atoms with Crippen molar-refractivity contribution in [3.05, 3.63) is 16.5 Å². The molecule has 2 aliphatic heterocycles. The monoisotopic (exact) mass is 394 g/mol. The number of oxazole rings is 1. The van der Waals surface area contributed by atoms with Gasteiger partial charge in [-0.1, -0.05) is 24.0 Å². The van der Waals surface area contributed by atoms with Crippen molar-refractivity contribution >= 4 is 46.2 Å². The van der Waals surface area contributed by atoms with Crippen LogP contribution in [0, 0.1) is 11.3 Å². The summed E-state index contributed by atoms with van der Waals surface area (Å²) in [6.45, 7) is 3.46. The second kappa shape index (κ2) is 8.64. The van der Waals surface area contributed by atoms with E-state index in [2.05, 4.69) is 4.98 Å².